The number of benzene rings is 1. The Morgan fingerprint density at radius 1 is 1.29 bits per heavy atom. The van der Waals surface area contributed by atoms with Crippen molar-refractivity contribution in [1.82, 2.24) is 5.32 Å². The van der Waals surface area contributed by atoms with E-state index >= 15 is 0 Å². The van der Waals surface area contributed by atoms with Crippen LogP contribution < -0.4 is 5.32 Å². The van der Waals surface area contributed by atoms with E-state index in [4.69, 9.17) is 16.0 Å². The van der Waals surface area contributed by atoms with E-state index in [2.05, 4.69) is 5.32 Å². The zero-order valence-electron chi connectivity index (χ0n) is 11.3. The van der Waals surface area contributed by atoms with Crippen molar-refractivity contribution in [2.45, 2.75) is 19.4 Å². The molecule has 2 rings (SSSR count). The van der Waals surface area contributed by atoms with E-state index in [0.717, 1.165) is 0 Å². The summed E-state index contributed by atoms with van der Waals surface area (Å²) in [4.78, 5) is 23.4. The first kappa shape index (κ1) is 15.1. The zero-order valence-corrected chi connectivity index (χ0v) is 12.1. The first-order chi connectivity index (χ1) is 10.0. The van der Waals surface area contributed by atoms with Gasteiger partial charge in [0.2, 0.25) is 0 Å². The van der Waals surface area contributed by atoms with E-state index < -0.39 is 17.9 Å². The van der Waals surface area contributed by atoms with Crippen LogP contribution in [0.5, 0.6) is 0 Å². The Morgan fingerprint density at radius 2 is 2.00 bits per heavy atom. The number of aliphatic carboxylic acids is 1. The second-order valence-electron chi connectivity index (χ2n) is 4.39. The van der Waals surface area contributed by atoms with Crippen LogP contribution in [-0.4, -0.2) is 17.0 Å². The number of furan rings is 1. The fourth-order valence-electron chi connectivity index (χ4n) is 1.87. The molecule has 2 aromatic rings. The topological polar surface area (TPSA) is 79.5 Å². The number of carbonyl (C=O) groups is 2. The molecule has 21 heavy (non-hydrogen) atoms. The maximum atomic E-state index is 12.1. The predicted molar refractivity (Wildman–Crippen MR) is 77.4 cm³/mol. The molecule has 6 heteroatoms. The van der Waals surface area contributed by atoms with Gasteiger partial charge in [0.25, 0.3) is 5.91 Å². The smallest absolute Gasteiger partial charge is 0.330 e. The number of carboxylic acids is 1. The summed E-state index contributed by atoms with van der Waals surface area (Å²) in [6.07, 6.45) is 0.653. The summed E-state index contributed by atoms with van der Waals surface area (Å²) in [7, 11) is 0. The van der Waals surface area contributed by atoms with Gasteiger partial charge in [-0.25, -0.2) is 4.79 Å². The lowest BCUT2D eigenvalue weighted by molar-refractivity contribution is -0.139. The van der Waals surface area contributed by atoms with Crippen LogP contribution in [0.2, 0.25) is 5.02 Å². The van der Waals surface area contributed by atoms with E-state index in [1.165, 1.54) is 6.07 Å². The van der Waals surface area contributed by atoms with Crippen molar-refractivity contribution in [1.29, 1.82) is 0 Å². The number of carboxylic acid groups (broad SMARTS) is 1. The molecule has 0 bridgehead atoms. The highest BCUT2D eigenvalue weighted by molar-refractivity contribution is 6.31. The third kappa shape index (κ3) is 3.44. The molecule has 0 aliphatic heterocycles. The molecule has 5 nitrogen and oxygen atoms in total. The van der Waals surface area contributed by atoms with Gasteiger partial charge in [-0.05, 0) is 18.2 Å². The van der Waals surface area contributed by atoms with Crippen LogP contribution in [0.15, 0.2) is 40.8 Å². The second-order valence-corrected chi connectivity index (χ2v) is 4.79. The number of amides is 1. The summed E-state index contributed by atoms with van der Waals surface area (Å²) >= 11 is 5.98. The molecule has 1 aromatic heterocycles. The minimum absolute atomic E-state index is 0.0742. The first-order valence-corrected chi connectivity index (χ1v) is 6.77. The van der Waals surface area contributed by atoms with Gasteiger partial charge in [-0.15, -0.1) is 0 Å². The average Bonchev–Trinajstić information content (AvgIpc) is 2.94. The molecule has 110 valence electrons. The molecule has 0 radical (unpaired) electrons. The lowest BCUT2D eigenvalue weighted by Gasteiger charge is -2.15. The van der Waals surface area contributed by atoms with Crippen molar-refractivity contribution in [2.24, 2.45) is 0 Å². The van der Waals surface area contributed by atoms with E-state index in [-0.39, 0.29) is 10.8 Å². The highest BCUT2D eigenvalue weighted by Crippen LogP contribution is 2.23. The summed E-state index contributed by atoms with van der Waals surface area (Å²) in [5, 5.41) is 12.0. The standard InChI is InChI=1S/C15H14ClNO4/c1-2-9-7-8-12(21-9)14(18)17-13(15(19)20)10-5-3-4-6-11(10)16/h3-8,13H,2H2,1H3,(H,17,18)(H,19,20)/t13-/m1/s1. The van der Waals surface area contributed by atoms with Crippen molar-refractivity contribution in [3.8, 4) is 0 Å². The Bertz CT molecular complexity index is 665. The Hall–Kier alpha value is -2.27. The van der Waals surface area contributed by atoms with E-state index in [0.29, 0.717) is 17.7 Å². The molecule has 0 spiro atoms. The molecular formula is C15H14ClNO4. The normalized spacial score (nSPS) is 11.9. The number of hydrogen-bond acceptors (Lipinski definition) is 3. The van der Waals surface area contributed by atoms with Crippen LogP contribution in [0, 0.1) is 0 Å². The molecule has 1 aromatic carbocycles. The van der Waals surface area contributed by atoms with E-state index in [9.17, 15) is 14.7 Å². The maximum Gasteiger partial charge on any atom is 0.330 e. The quantitative estimate of drug-likeness (QED) is 0.889. The molecule has 0 aliphatic rings. The number of carbonyl (C=O) groups excluding carboxylic acids is 1. The highest BCUT2D eigenvalue weighted by atomic mass is 35.5. The third-order valence-electron chi connectivity index (χ3n) is 2.97. The van der Waals surface area contributed by atoms with Gasteiger partial charge in [0.05, 0.1) is 0 Å². The third-order valence-corrected chi connectivity index (χ3v) is 3.32. The molecule has 1 amide bonds. The van der Waals surface area contributed by atoms with E-state index in [1.54, 1.807) is 30.3 Å². The largest absolute Gasteiger partial charge is 0.479 e. The lowest BCUT2D eigenvalue weighted by atomic mass is 10.1. The van der Waals surface area contributed by atoms with Crippen LogP contribution in [0.3, 0.4) is 0 Å². The minimum Gasteiger partial charge on any atom is -0.479 e. The Balaban J connectivity index is 2.23. The Kier molecular flexibility index (Phi) is 4.65. The number of nitrogens with one attached hydrogen (secondary N) is 1. The van der Waals surface area contributed by atoms with Crippen LogP contribution in [0.25, 0.3) is 0 Å². The number of aryl methyl sites for hydroxylation is 1. The van der Waals surface area contributed by atoms with Crippen molar-refractivity contribution < 1.29 is 19.1 Å². The molecule has 0 unspecified atom stereocenters. The summed E-state index contributed by atoms with van der Waals surface area (Å²) in [5.41, 5.74) is 0.322. The number of hydrogen-bond donors (Lipinski definition) is 2. The van der Waals surface area contributed by atoms with Gasteiger partial charge in [-0.2, -0.15) is 0 Å². The van der Waals surface area contributed by atoms with Crippen LogP contribution in [0.1, 0.15) is 34.8 Å². The summed E-state index contributed by atoms with van der Waals surface area (Å²) < 4.78 is 5.30. The minimum atomic E-state index is -1.23. The number of halogens is 1. The van der Waals surface area contributed by atoms with Gasteiger partial charge in [0.15, 0.2) is 11.8 Å². The van der Waals surface area contributed by atoms with Crippen LogP contribution in [-0.2, 0) is 11.2 Å². The van der Waals surface area contributed by atoms with Crippen molar-refractivity contribution in [3.63, 3.8) is 0 Å². The van der Waals surface area contributed by atoms with Gasteiger partial charge in [0, 0.05) is 17.0 Å². The lowest BCUT2D eigenvalue weighted by Crippen LogP contribution is -2.33. The van der Waals surface area contributed by atoms with E-state index in [1.807, 2.05) is 6.92 Å². The van der Waals surface area contributed by atoms with Crippen molar-refractivity contribution >= 4 is 23.5 Å². The second kappa shape index (κ2) is 6.45. The van der Waals surface area contributed by atoms with Gasteiger partial charge in [-0.1, -0.05) is 36.7 Å². The fraction of sp³-hybridized carbons (Fsp3) is 0.200. The molecule has 0 aliphatic carbocycles. The average molecular weight is 308 g/mol. The van der Waals surface area contributed by atoms with Gasteiger partial charge in [0.1, 0.15) is 5.76 Å². The van der Waals surface area contributed by atoms with Crippen molar-refractivity contribution in [3.05, 3.63) is 58.5 Å². The monoisotopic (exact) mass is 307 g/mol. The predicted octanol–water partition coefficient (Wildman–Crippen LogP) is 3.05. The molecular weight excluding hydrogens is 294 g/mol. The fourth-order valence-corrected chi connectivity index (χ4v) is 2.12. The molecule has 2 N–H and O–H groups in total. The van der Waals surface area contributed by atoms with Crippen LogP contribution in [0.4, 0.5) is 0 Å². The summed E-state index contributed by atoms with van der Waals surface area (Å²) in [6, 6.07) is 8.43. The van der Waals surface area contributed by atoms with Gasteiger partial charge in [-0.3, -0.25) is 4.79 Å². The SMILES string of the molecule is CCc1ccc(C(=O)N[C@@H](C(=O)O)c2ccccc2Cl)o1. The van der Waals surface area contributed by atoms with Crippen LogP contribution >= 0.6 is 11.6 Å². The molecule has 1 heterocycles. The summed E-state index contributed by atoms with van der Waals surface area (Å²) in [5.74, 6) is -1.06. The maximum absolute atomic E-state index is 12.1. The molecule has 0 saturated carbocycles. The van der Waals surface area contributed by atoms with Crippen molar-refractivity contribution in [2.75, 3.05) is 0 Å². The highest BCUT2D eigenvalue weighted by Gasteiger charge is 2.25. The van der Waals surface area contributed by atoms with Gasteiger partial charge >= 0.3 is 5.97 Å². The Labute approximate surface area is 126 Å². The summed E-state index contributed by atoms with van der Waals surface area (Å²) in [6.45, 7) is 1.89. The van der Waals surface area contributed by atoms with Gasteiger partial charge < -0.3 is 14.8 Å². The molecule has 0 fully saturated rings. The first-order valence-electron chi connectivity index (χ1n) is 6.39. The molecule has 1 atom stereocenters. The zero-order chi connectivity index (χ0) is 15.4. The Morgan fingerprint density at radius 3 is 2.57 bits per heavy atom. The number of rotatable bonds is 5. The molecule has 0 saturated heterocycles.